The summed E-state index contributed by atoms with van der Waals surface area (Å²) in [7, 11) is -4.80. The van der Waals surface area contributed by atoms with Crippen LogP contribution < -0.4 is 5.73 Å². The van der Waals surface area contributed by atoms with Gasteiger partial charge in [-0.2, -0.15) is 10.4 Å². The normalized spacial score (nSPS) is 24.6. The van der Waals surface area contributed by atoms with E-state index in [1.165, 1.54) is 113 Å². The van der Waals surface area contributed by atoms with Crippen molar-refractivity contribution in [2.45, 2.75) is 172 Å². The van der Waals surface area contributed by atoms with Crippen LogP contribution in [0.5, 0.6) is 0 Å². The largest absolute Gasteiger partial charge is 0.472 e. The molecule has 2 fully saturated rings. The second-order valence-corrected chi connectivity index (χ2v) is 17.1. The maximum atomic E-state index is 14.1. The number of fused-ring (bicyclic) bond motifs is 2. The molecule has 5 rings (SSSR count). The smallest absolute Gasteiger partial charge is 0.387 e. The number of hydrogen-bond donors (Lipinski definition) is 4. The molecule has 310 valence electrons. The Kier molecular flexibility index (Phi) is 16.2. The van der Waals surface area contributed by atoms with E-state index in [1.807, 2.05) is 6.07 Å². The van der Waals surface area contributed by atoms with Crippen LogP contribution in [0.15, 0.2) is 36.7 Å². The van der Waals surface area contributed by atoms with Crippen molar-refractivity contribution >= 4 is 19.2 Å². The summed E-state index contributed by atoms with van der Waals surface area (Å²) in [6, 6.07) is 9.18. The fourth-order valence-corrected chi connectivity index (χ4v) is 9.03. The second kappa shape index (κ2) is 20.6. The molecule has 0 amide bonds. The van der Waals surface area contributed by atoms with E-state index in [0.29, 0.717) is 23.2 Å². The average molecular weight is 802 g/mol. The van der Waals surface area contributed by atoms with Gasteiger partial charge >= 0.3 is 7.82 Å². The lowest BCUT2D eigenvalue weighted by Gasteiger charge is -2.24. The molecule has 1 aliphatic heterocycles. The van der Waals surface area contributed by atoms with E-state index < -0.39 is 49.3 Å². The van der Waals surface area contributed by atoms with Crippen LogP contribution in [0.4, 0.5) is 10.2 Å². The fourth-order valence-electron chi connectivity index (χ4n) is 7.98. The van der Waals surface area contributed by atoms with Gasteiger partial charge in [0.1, 0.15) is 41.6 Å². The molecule has 2 aliphatic rings. The zero-order chi connectivity index (χ0) is 40.2. The third kappa shape index (κ3) is 11.1. The molecule has 0 bridgehead atoms. The van der Waals surface area contributed by atoms with Crippen molar-refractivity contribution in [3.05, 3.63) is 59.3 Å². The SMILES string of the molecule is CCCCCCCCCCCCCCCCCCC[C@@H](COP(=O)(O)OC1[C@@]2(C)O[C@@H](c3ccc4c(N)ncnn34)[C@H](O)[C@@]12O)OCc1cc(F)cc(C#N)c1. The number of phosphoric acid groups is 1. The van der Waals surface area contributed by atoms with E-state index in [4.69, 9.17) is 24.3 Å². The second-order valence-electron chi connectivity index (χ2n) is 15.7. The first-order valence-corrected chi connectivity index (χ1v) is 22.1. The van der Waals surface area contributed by atoms with Crippen molar-refractivity contribution in [1.82, 2.24) is 14.6 Å². The van der Waals surface area contributed by atoms with E-state index in [1.54, 1.807) is 12.1 Å². The molecule has 15 heteroatoms. The molecule has 1 saturated heterocycles. The van der Waals surface area contributed by atoms with Gasteiger partial charge in [-0.3, -0.25) is 9.05 Å². The van der Waals surface area contributed by atoms with Gasteiger partial charge in [0.25, 0.3) is 0 Å². The number of aliphatic hydroxyl groups is 2. The molecule has 1 saturated carbocycles. The molecule has 1 aliphatic carbocycles. The van der Waals surface area contributed by atoms with Gasteiger partial charge < -0.3 is 30.3 Å². The van der Waals surface area contributed by atoms with Gasteiger partial charge in [0.15, 0.2) is 11.4 Å². The summed E-state index contributed by atoms with van der Waals surface area (Å²) < 4.78 is 51.7. The first kappa shape index (κ1) is 44.1. The summed E-state index contributed by atoms with van der Waals surface area (Å²) in [6.07, 6.45) is 18.3. The van der Waals surface area contributed by atoms with Crippen molar-refractivity contribution in [2.75, 3.05) is 12.3 Å². The summed E-state index contributed by atoms with van der Waals surface area (Å²) in [5.41, 5.74) is 3.91. The van der Waals surface area contributed by atoms with Crippen LogP contribution in [-0.2, 0) is 29.7 Å². The van der Waals surface area contributed by atoms with Crippen LogP contribution in [0.25, 0.3) is 5.52 Å². The zero-order valence-corrected chi connectivity index (χ0v) is 33.9. The Balaban J connectivity index is 1.05. The monoisotopic (exact) mass is 801 g/mol. The highest BCUT2D eigenvalue weighted by molar-refractivity contribution is 7.47. The third-order valence-corrected chi connectivity index (χ3v) is 12.3. The molecule has 13 nitrogen and oxygen atoms in total. The van der Waals surface area contributed by atoms with Crippen LogP contribution in [0.2, 0.25) is 0 Å². The predicted octanol–water partition coefficient (Wildman–Crippen LogP) is 8.39. The maximum absolute atomic E-state index is 14.1. The van der Waals surface area contributed by atoms with Gasteiger partial charge in [-0.1, -0.05) is 116 Å². The summed E-state index contributed by atoms with van der Waals surface area (Å²) in [4.78, 5) is 14.7. The van der Waals surface area contributed by atoms with Crippen LogP contribution in [0.3, 0.4) is 0 Å². The molecule has 2 aromatic heterocycles. The molecule has 56 heavy (non-hydrogen) atoms. The Morgan fingerprint density at radius 3 is 2.18 bits per heavy atom. The molecule has 3 heterocycles. The van der Waals surface area contributed by atoms with Gasteiger partial charge in [0.2, 0.25) is 0 Å². The standard InChI is InChI=1S/C41H61FN5O8P/c1-3-4-5-6-7-8-9-10-11-12-13-14-15-16-17-18-19-20-33(52-27-31-23-30(26-43)24-32(42)25-31)28-53-56(50,51)55-39-40(2)41(39,49)37(48)36(54-40)34-21-22-35-38(44)45-29-46-47(34)35/h21-25,29,33,36-37,39,48-49H,3-20,27-28H2,1-2H3,(H,50,51)(H2,44,45,46)/t33-,36-,37-,39?,40+,41+/m0/s1. The number of aromatic nitrogens is 3. The fraction of sp³-hybridized carbons (Fsp3) is 0.683. The minimum absolute atomic E-state index is 0.0388. The number of nitriles is 1. The Morgan fingerprint density at radius 1 is 1.00 bits per heavy atom. The van der Waals surface area contributed by atoms with Crippen molar-refractivity contribution in [1.29, 1.82) is 5.26 Å². The first-order valence-electron chi connectivity index (χ1n) is 20.6. The topological polar surface area (TPSA) is 195 Å². The number of unbranched alkanes of at least 4 members (excludes halogenated alkanes) is 16. The number of rotatable bonds is 27. The van der Waals surface area contributed by atoms with Crippen molar-refractivity contribution in [3.63, 3.8) is 0 Å². The lowest BCUT2D eigenvalue weighted by atomic mass is 10.0. The zero-order valence-electron chi connectivity index (χ0n) is 33.0. The molecule has 3 aromatic rings. The molecular formula is C41H61FN5O8P. The number of nitrogens with two attached hydrogens (primary N) is 1. The lowest BCUT2D eigenvalue weighted by Crippen LogP contribution is -2.35. The number of ether oxygens (including phenoxy) is 2. The lowest BCUT2D eigenvalue weighted by molar-refractivity contribution is -0.0816. The van der Waals surface area contributed by atoms with Crippen molar-refractivity contribution < 1.29 is 42.6 Å². The molecule has 5 N–H and O–H groups in total. The minimum Gasteiger partial charge on any atom is -0.387 e. The average Bonchev–Trinajstić information content (AvgIpc) is 3.43. The van der Waals surface area contributed by atoms with Gasteiger partial charge in [-0.15, -0.1) is 0 Å². The van der Waals surface area contributed by atoms with Gasteiger partial charge in [0.05, 0.1) is 36.6 Å². The predicted molar refractivity (Wildman–Crippen MR) is 210 cm³/mol. The maximum Gasteiger partial charge on any atom is 0.472 e. The van der Waals surface area contributed by atoms with Gasteiger partial charge in [0, 0.05) is 0 Å². The van der Waals surface area contributed by atoms with Crippen LogP contribution in [0, 0.1) is 17.1 Å². The number of aliphatic hydroxyl groups excluding tert-OH is 1. The van der Waals surface area contributed by atoms with E-state index in [-0.39, 0.29) is 24.6 Å². The van der Waals surface area contributed by atoms with Crippen LogP contribution in [0.1, 0.15) is 152 Å². The Labute approximate surface area is 330 Å². The quantitative estimate of drug-likeness (QED) is 0.0425. The van der Waals surface area contributed by atoms with Crippen LogP contribution in [-0.4, -0.2) is 65.8 Å². The molecule has 0 spiro atoms. The number of halogens is 1. The third-order valence-electron chi connectivity index (χ3n) is 11.4. The Bertz CT molecular complexity index is 1790. The number of benzene rings is 1. The number of nitrogens with zero attached hydrogens (tertiary/aromatic N) is 4. The highest BCUT2D eigenvalue weighted by atomic mass is 31.2. The molecular weight excluding hydrogens is 740 g/mol. The van der Waals surface area contributed by atoms with Crippen LogP contribution >= 0.6 is 7.82 Å². The van der Waals surface area contributed by atoms with Crippen molar-refractivity contribution in [2.24, 2.45) is 0 Å². The van der Waals surface area contributed by atoms with Gasteiger partial charge in [-0.25, -0.2) is 18.5 Å². The number of anilines is 1. The molecule has 7 atom stereocenters. The Hall–Kier alpha value is -2.99. The highest BCUT2D eigenvalue weighted by Crippen LogP contribution is 2.68. The number of phosphoric ester groups is 1. The van der Waals surface area contributed by atoms with E-state index in [2.05, 4.69) is 17.0 Å². The highest BCUT2D eigenvalue weighted by Gasteiger charge is 2.87. The summed E-state index contributed by atoms with van der Waals surface area (Å²) in [5, 5.41) is 36.1. The van der Waals surface area contributed by atoms with Gasteiger partial charge in [-0.05, 0) is 49.2 Å². The van der Waals surface area contributed by atoms with Crippen molar-refractivity contribution in [3.8, 4) is 6.07 Å². The molecule has 2 unspecified atom stereocenters. The first-order chi connectivity index (χ1) is 26.9. The summed E-state index contributed by atoms with van der Waals surface area (Å²) in [5.74, 6) is -0.337. The summed E-state index contributed by atoms with van der Waals surface area (Å²) >= 11 is 0. The van der Waals surface area contributed by atoms with E-state index in [9.17, 15) is 29.3 Å². The van der Waals surface area contributed by atoms with E-state index >= 15 is 0 Å². The van der Waals surface area contributed by atoms with E-state index in [0.717, 1.165) is 31.7 Å². The minimum atomic E-state index is -4.80. The molecule has 1 aromatic carbocycles. The summed E-state index contributed by atoms with van der Waals surface area (Å²) in [6.45, 7) is 3.38. The molecule has 0 radical (unpaired) electrons. The Morgan fingerprint density at radius 2 is 1.61 bits per heavy atom. The number of nitrogen functional groups attached to an aromatic ring is 1. The number of hydrogen-bond acceptors (Lipinski definition) is 11.